The lowest BCUT2D eigenvalue weighted by molar-refractivity contribution is -0.385. The molecule has 0 saturated carbocycles. The van der Waals surface area contributed by atoms with E-state index in [0.717, 1.165) is 5.56 Å². The van der Waals surface area contributed by atoms with Crippen LogP contribution in [0.3, 0.4) is 0 Å². The standard InChI is InChI=1S/C21H19N5O5/c1-30-19-10-9-15(12-20(19)31-2)16-13-17(24-23-16)21(27)25-22-11-5-7-14-6-3-4-8-18(14)26(28)29/h3-13H,1-2H3,(H,23,24)(H,25,27)/b7-5+,22-11+. The van der Waals surface area contributed by atoms with Gasteiger partial charge in [-0.2, -0.15) is 10.2 Å². The molecule has 10 heteroatoms. The number of allylic oxidation sites excluding steroid dienone is 1. The van der Waals surface area contributed by atoms with Crippen molar-refractivity contribution in [2.24, 2.45) is 5.10 Å². The number of rotatable bonds is 8. The van der Waals surface area contributed by atoms with Gasteiger partial charge in [-0.05, 0) is 42.5 Å². The number of benzene rings is 2. The predicted molar refractivity (Wildman–Crippen MR) is 115 cm³/mol. The van der Waals surface area contributed by atoms with Crippen LogP contribution in [0.4, 0.5) is 5.69 Å². The van der Waals surface area contributed by atoms with Gasteiger partial charge < -0.3 is 9.47 Å². The van der Waals surface area contributed by atoms with Gasteiger partial charge >= 0.3 is 0 Å². The summed E-state index contributed by atoms with van der Waals surface area (Å²) < 4.78 is 10.5. The van der Waals surface area contributed by atoms with E-state index in [4.69, 9.17) is 9.47 Å². The van der Waals surface area contributed by atoms with E-state index in [9.17, 15) is 14.9 Å². The van der Waals surface area contributed by atoms with Crippen molar-refractivity contribution in [3.8, 4) is 22.8 Å². The number of H-pyrrole nitrogens is 1. The number of nitrogens with one attached hydrogen (secondary N) is 2. The Morgan fingerprint density at radius 1 is 1.16 bits per heavy atom. The smallest absolute Gasteiger partial charge is 0.289 e. The number of para-hydroxylation sites is 1. The Kier molecular flexibility index (Phi) is 6.74. The number of aromatic amines is 1. The number of amides is 1. The second-order valence-corrected chi connectivity index (χ2v) is 6.13. The minimum Gasteiger partial charge on any atom is -0.493 e. The molecule has 158 valence electrons. The van der Waals surface area contributed by atoms with Gasteiger partial charge in [0.2, 0.25) is 0 Å². The highest BCUT2D eigenvalue weighted by molar-refractivity contribution is 5.94. The molecule has 1 heterocycles. The van der Waals surface area contributed by atoms with Crippen molar-refractivity contribution in [2.75, 3.05) is 14.2 Å². The van der Waals surface area contributed by atoms with Crippen LogP contribution < -0.4 is 14.9 Å². The van der Waals surface area contributed by atoms with Crippen LogP contribution in [0, 0.1) is 10.1 Å². The second kappa shape index (κ2) is 9.83. The van der Waals surface area contributed by atoms with Gasteiger partial charge in [-0.25, -0.2) is 5.43 Å². The Morgan fingerprint density at radius 3 is 2.68 bits per heavy atom. The first kappa shape index (κ1) is 21.2. The highest BCUT2D eigenvalue weighted by Gasteiger charge is 2.13. The van der Waals surface area contributed by atoms with Crippen LogP contribution in [0.5, 0.6) is 11.5 Å². The van der Waals surface area contributed by atoms with Gasteiger partial charge in [-0.15, -0.1) is 0 Å². The van der Waals surface area contributed by atoms with E-state index < -0.39 is 10.8 Å². The summed E-state index contributed by atoms with van der Waals surface area (Å²) in [6.07, 6.45) is 4.34. The first-order valence-corrected chi connectivity index (χ1v) is 9.04. The normalized spacial score (nSPS) is 11.0. The topological polar surface area (TPSA) is 132 Å². The van der Waals surface area contributed by atoms with Gasteiger partial charge in [-0.1, -0.05) is 12.1 Å². The molecule has 3 aromatic rings. The van der Waals surface area contributed by atoms with Crippen LogP contribution in [0.15, 0.2) is 59.7 Å². The highest BCUT2D eigenvalue weighted by atomic mass is 16.6. The molecule has 2 N–H and O–H groups in total. The molecule has 0 aliphatic carbocycles. The van der Waals surface area contributed by atoms with Crippen LogP contribution in [-0.2, 0) is 0 Å². The number of nitro benzene ring substituents is 1. The van der Waals surface area contributed by atoms with Crippen LogP contribution in [0.2, 0.25) is 0 Å². The van der Waals surface area contributed by atoms with E-state index in [1.54, 1.807) is 49.6 Å². The average molecular weight is 421 g/mol. The number of nitrogens with zero attached hydrogens (tertiary/aromatic N) is 3. The summed E-state index contributed by atoms with van der Waals surface area (Å²) in [6, 6.07) is 13.2. The number of aromatic nitrogens is 2. The van der Waals surface area contributed by atoms with E-state index in [-0.39, 0.29) is 11.4 Å². The quantitative estimate of drug-likeness (QED) is 0.325. The Labute approximate surface area is 177 Å². The van der Waals surface area contributed by atoms with Gasteiger partial charge in [0, 0.05) is 17.8 Å². The van der Waals surface area contributed by atoms with E-state index >= 15 is 0 Å². The number of hydrazone groups is 1. The molecule has 0 aliphatic rings. The van der Waals surface area contributed by atoms with E-state index in [2.05, 4.69) is 20.7 Å². The zero-order chi connectivity index (χ0) is 22.2. The fraction of sp³-hybridized carbons (Fsp3) is 0.0952. The number of hydrogen-bond acceptors (Lipinski definition) is 7. The zero-order valence-electron chi connectivity index (χ0n) is 16.7. The summed E-state index contributed by atoms with van der Waals surface area (Å²) >= 11 is 0. The Balaban J connectivity index is 1.64. The summed E-state index contributed by atoms with van der Waals surface area (Å²) in [7, 11) is 3.08. The third kappa shape index (κ3) is 5.12. The zero-order valence-corrected chi connectivity index (χ0v) is 16.7. The molecule has 0 fully saturated rings. The van der Waals surface area contributed by atoms with Crippen molar-refractivity contribution in [2.45, 2.75) is 0 Å². The molecule has 3 rings (SSSR count). The molecule has 31 heavy (non-hydrogen) atoms. The minimum atomic E-state index is -0.491. The van der Waals surface area contributed by atoms with Gasteiger partial charge in [0.05, 0.1) is 30.4 Å². The molecule has 0 aliphatic heterocycles. The molecule has 0 radical (unpaired) electrons. The first-order chi connectivity index (χ1) is 15.0. The lowest BCUT2D eigenvalue weighted by Gasteiger charge is -2.08. The summed E-state index contributed by atoms with van der Waals surface area (Å²) in [5.74, 6) is 0.640. The Morgan fingerprint density at radius 2 is 1.94 bits per heavy atom. The largest absolute Gasteiger partial charge is 0.493 e. The summed E-state index contributed by atoms with van der Waals surface area (Å²) in [5, 5.41) is 21.6. The van der Waals surface area contributed by atoms with E-state index in [1.807, 2.05) is 0 Å². The SMILES string of the molecule is COc1ccc(-c2cc(C(=O)N/N=C/C=C/c3ccccc3[N+](=O)[O-])[nH]n2)cc1OC. The molecule has 1 aromatic heterocycles. The molecule has 0 unspecified atom stereocenters. The summed E-state index contributed by atoms with van der Waals surface area (Å²) in [4.78, 5) is 22.8. The molecule has 0 atom stereocenters. The van der Waals surface area contributed by atoms with Crippen LogP contribution in [0.25, 0.3) is 17.3 Å². The number of carbonyl (C=O) groups excluding carboxylic acids is 1. The lowest BCUT2D eigenvalue weighted by atomic mass is 10.1. The van der Waals surface area contributed by atoms with Gasteiger partial charge in [0.25, 0.3) is 11.6 Å². The molecular weight excluding hydrogens is 402 g/mol. The molecule has 10 nitrogen and oxygen atoms in total. The Bertz CT molecular complexity index is 1150. The molecule has 1 amide bonds. The van der Waals surface area contributed by atoms with Crippen LogP contribution in [0.1, 0.15) is 16.1 Å². The number of hydrogen-bond donors (Lipinski definition) is 2. The van der Waals surface area contributed by atoms with Gasteiger partial charge in [0.1, 0.15) is 5.69 Å². The van der Waals surface area contributed by atoms with Crippen molar-refractivity contribution >= 4 is 23.9 Å². The van der Waals surface area contributed by atoms with Crippen molar-refractivity contribution in [3.05, 3.63) is 76.0 Å². The van der Waals surface area contributed by atoms with Crippen molar-refractivity contribution in [1.82, 2.24) is 15.6 Å². The monoisotopic (exact) mass is 421 g/mol. The van der Waals surface area contributed by atoms with Gasteiger partial charge in [0.15, 0.2) is 11.5 Å². The molecule has 0 bridgehead atoms. The molecular formula is C21H19N5O5. The third-order valence-corrected chi connectivity index (χ3v) is 4.24. The maximum Gasteiger partial charge on any atom is 0.289 e. The maximum atomic E-state index is 12.2. The van der Waals surface area contributed by atoms with E-state index in [1.165, 1.54) is 31.5 Å². The van der Waals surface area contributed by atoms with Crippen molar-refractivity contribution < 1.29 is 19.2 Å². The number of nitro groups is 1. The van der Waals surface area contributed by atoms with Crippen molar-refractivity contribution in [1.29, 1.82) is 0 Å². The average Bonchev–Trinajstić information content (AvgIpc) is 3.29. The van der Waals surface area contributed by atoms with Crippen molar-refractivity contribution in [3.63, 3.8) is 0 Å². The predicted octanol–water partition coefficient (Wildman–Crippen LogP) is 3.43. The number of methoxy groups -OCH3 is 2. The van der Waals surface area contributed by atoms with Gasteiger partial charge in [-0.3, -0.25) is 20.0 Å². The molecule has 2 aromatic carbocycles. The Hall–Kier alpha value is -4.47. The first-order valence-electron chi connectivity index (χ1n) is 9.04. The summed E-state index contributed by atoms with van der Waals surface area (Å²) in [5.41, 5.74) is 4.27. The molecule has 0 saturated heterocycles. The second-order valence-electron chi connectivity index (χ2n) is 6.13. The fourth-order valence-corrected chi connectivity index (χ4v) is 2.72. The lowest BCUT2D eigenvalue weighted by Crippen LogP contribution is -2.17. The number of ether oxygens (including phenoxy) is 2. The van der Waals surface area contributed by atoms with Crippen LogP contribution >= 0.6 is 0 Å². The minimum absolute atomic E-state index is 0.0173. The fourth-order valence-electron chi connectivity index (χ4n) is 2.72. The maximum absolute atomic E-state index is 12.2. The van der Waals surface area contributed by atoms with E-state index in [0.29, 0.717) is 22.8 Å². The third-order valence-electron chi connectivity index (χ3n) is 4.24. The number of carbonyl (C=O) groups is 1. The molecule has 0 spiro atoms. The van der Waals surface area contributed by atoms with Crippen LogP contribution in [-0.4, -0.2) is 41.5 Å². The highest BCUT2D eigenvalue weighted by Crippen LogP contribution is 2.31. The summed E-state index contributed by atoms with van der Waals surface area (Å²) in [6.45, 7) is 0.